The summed E-state index contributed by atoms with van der Waals surface area (Å²) >= 11 is 0. The molecule has 3 N–H and O–H groups in total. The summed E-state index contributed by atoms with van der Waals surface area (Å²) < 4.78 is 1.96. The molecule has 1 amide bonds. The van der Waals surface area contributed by atoms with Gasteiger partial charge in [-0.3, -0.25) is 4.79 Å². The number of nitrogens with zero attached hydrogens (tertiary/aromatic N) is 1. The number of nitrogens with one attached hydrogen (secondary N) is 3. The van der Waals surface area contributed by atoms with Crippen molar-refractivity contribution in [2.24, 2.45) is 11.8 Å². The average molecular weight is 334 g/mol. The van der Waals surface area contributed by atoms with E-state index in [-0.39, 0.29) is 5.91 Å². The minimum atomic E-state index is -0.00116. The van der Waals surface area contributed by atoms with Crippen molar-refractivity contribution in [2.75, 3.05) is 0 Å². The van der Waals surface area contributed by atoms with Gasteiger partial charge in [0.1, 0.15) is 0 Å². The van der Waals surface area contributed by atoms with Gasteiger partial charge in [-0.2, -0.15) is 4.40 Å². The van der Waals surface area contributed by atoms with Crippen molar-refractivity contribution in [3.05, 3.63) is 54.7 Å². The molecule has 5 rings (SSSR count). The summed E-state index contributed by atoms with van der Waals surface area (Å²) in [4.78, 5) is 19.4. The monoisotopic (exact) mass is 334 g/mol. The van der Waals surface area contributed by atoms with Gasteiger partial charge in [0.25, 0.3) is 0 Å². The summed E-state index contributed by atoms with van der Waals surface area (Å²) in [5.41, 5.74) is 3.03. The number of H-pyrrole nitrogens is 2. The van der Waals surface area contributed by atoms with Crippen LogP contribution >= 0.6 is 0 Å². The fourth-order valence-corrected chi connectivity index (χ4v) is 3.78. The molecule has 0 radical (unpaired) electrons. The van der Waals surface area contributed by atoms with Gasteiger partial charge < -0.3 is 5.32 Å². The Balaban J connectivity index is 1.53. The minimum absolute atomic E-state index is 0.00116. The molecular weight excluding hydrogens is 312 g/mol. The lowest BCUT2D eigenvalue weighted by molar-refractivity contribution is -0.514. The summed E-state index contributed by atoms with van der Waals surface area (Å²) in [5.74, 6) is 1.97. The molecule has 0 spiro atoms. The highest BCUT2D eigenvalue weighted by atomic mass is 16.2. The van der Waals surface area contributed by atoms with Crippen molar-refractivity contribution in [3.8, 4) is 11.3 Å². The largest absolute Gasteiger partial charge is 0.351 e. The predicted molar refractivity (Wildman–Crippen MR) is 92.6 cm³/mol. The predicted octanol–water partition coefficient (Wildman–Crippen LogP) is 2.15. The maximum atomic E-state index is 13.0. The van der Waals surface area contributed by atoms with E-state index in [4.69, 9.17) is 0 Å². The summed E-state index contributed by atoms with van der Waals surface area (Å²) in [5, 5.41) is 3.32. The Bertz CT molecular complexity index is 913. The van der Waals surface area contributed by atoms with Crippen LogP contribution in [0.2, 0.25) is 0 Å². The van der Waals surface area contributed by atoms with E-state index in [9.17, 15) is 4.79 Å². The van der Waals surface area contributed by atoms with Gasteiger partial charge in [-0.25, -0.2) is 9.97 Å². The number of hydrogen-bond donors (Lipinski definition) is 2. The lowest BCUT2D eigenvalue weighted by atomic mass is 10.1. The third kappa shape index (κ3) is 2.69. The number of aromatic nitrogens is 3. The molecule has 3 aromatic rings. The molecule has 0 aromatic carbocycles. The highest BCUT2D eigenvalue weighted by Gasteiger charge is 2.43. The first-order valence-corrected chi connectivity index (χ1v) is 9.11. The van der Waals surface area contributed by atoms with Gasteiger partial charge in [0.05, 0.1) is 6.20 Å². The smallest absolute Gasteiger partial charge is 0.342 e. The molecule has 0 unspecified atom stereocenters. The zero-order chi connectivity index (χ0) is 16.8. The van der Waals surface area contributed by atoms with Crippen LogP contribution in [0.25, 0.3) is 16.8 Å². The third-order valence-electron chi connectivity index (χ3n) is 5.38. The molecule has 2 aliphatic rings. The van der Waals surface area contributed by atoms with Gasteiger partial charge >= 0.3 is 11.7 Å². The Morgan fingerprint density at radius 2 is 1.84 bits per heavy atom. The topological polar surface area (TPSA) is 63.1 Å². The van der Waals surface area contributed by atoms with Gasteiger partial charge in [-0.1, -0.05) is 6.07 Å². The Morgan fingerprint density at radius 1 is 1.12 bits per heavy atom. The zero-order valence-electron chi connectivity index (χ0n) is 14.0. The van der Waals surface area contributed by atoms with Crippen LogP contribution in [0.15, 0.2) is 48.9 Å². The Labute approximate surface area is 146 Å². The fraction of sp³-hybridized carbons (Fsp3) is 0.350. The highest BCUT2D eigenvalue weighted by Crippen LogP contribution is 2.44. The summed E-state index contributed by atoms with van der Waals surface area (Å²) in [6, 6.07) is 10.4. The number of pyridine rings is 2. The fourth-order valence-electron chi connectivity index (χ4n) is 3.78. The molecule has 2 saturated carbocycles. The van der Waals surface area contributed by atoms with Crippen LogP contribution in [-0.2, 0) is 0 Å². The van der Waals surface area contributed by atoms with Crippen molar-refractivity contribution in [1.29, 1.82) is 0 Å². The highest BCUT2D eigenvalue weighted by molar-refractivity contribution is 5.91. The van der Waals surface area contributed by atoms with Crippen molar-refractivity contribution >= 4 is 11.4 Å². The van der Waals surface area contributed by atoms with Crippen LogP contribution in [0.5, 0.6) is 0 Å². The molecule has 3 heterocycles. The van der Waals surface area contributed by atoms with E-state index in [1.165, 1.54) is 25.7 Å². The maximum absolute atomic E-state index is 13.0. The SMILES string of the molecule is O=C(NC(C1CC1)C1CC1)c1[nH]c(-c2cc[nH+]cc2)c2cccc[n+]12. The molecule has 126 valence electrons. The molecule has 2 aliphatic carbocycles. The number of hydrogen-bond acceptors (Lipinski definition) is 1. The third-order valence-corrected chi connectivity index (χ3v) is 5.38. The quantitative estimate of drug-likeness (QED) is 0.690. The van der Waals surface area contributed by atoms with E-state index in [0.717, 1.165) is 16.8 Å². The standard InChI is InChI=1S/C20H20N4O/c25-20(23-17(13-4-5-13)14-6-7-14)19-22-18(15-8-10-21-11-9-15)16-3-1-2-12-24(16)19/h1-3,8-14,17H,4-7H2,(H,23,25)/p+2. The van der Waals surface area contributed by atoms with E-state index in [2.05, 4.69) is 15.3 Å². The van der Waals surface area contributed by atoms with E-state index in [1.807, 2.05) is 53.3 Å². The second-order valence-corrected chi connectivity index (χ2v) is 7.27. The van der Waals surface area contributed by atoms with Gasteiger partial charge in [0.15, 0.2) is 23.6 Å². The number of fused-ring (bicyclic) bond motifs is 1. The molecule has 0 aliphatic heterocycles. The first kappa shape index (κ1) is 14.6. The number of rotatable bonds is 5. The number of carbonyl (C=O) groups excluding carboxylic acids is 1. The van der Waals surface area contributed by atoms with E-state index < -0.39 is 0 Å². The van der Waals surface area contributed by atoms with Gasteiger partial charge in [0, 0.05) is 23.7 Å². The van der Waals surface area contributed by atoms with E-state index in [0.29, 0.717) is 23.7 Å². The zero-order valence-corrected chi connectivity index (χ0v) is 14.0. The molecule has 5 heteroatoms. The molecular formula is C20H22N4O+2. The molecule has 25 heavy (non-hydrogen) atoms. The van der Waals surface area contributed by atoms with Gasteiger partial charge in [0.2, 0.25) is 0 Å². The van der Waals surface area contributed by atoms with E-state index >= 15 is 0 Å². The first-order valence-electron chi connectivity index (χ1n) is 9.11. The molecule has 0 bridgehead atoms. The Kier molecular flexibility index (Phi) is 3.33. The second-order valence-electron chi connectivity index (χ2n) is 7.27. The number of aromatic amines is 2. The minimum Gasteiger partial charge on any atom is -0.342 e. The first-order chi connectivity index (χ1) is 12.3. The van der Waals surface area contributed by atoms with Crippen LogP contribution in [-0.4, -0.2) is 16.9 Å². The number of amides is 1. The number of imidazole rings is 1. The van der Waals surface area contributed by atoms with Crippen molar-refractivity contribution < 1.29 is 14.2 Å². The van der Waals surface area contributed by atoms with Crippen molar-refractivity contribution in [1.82, 2.24) is 10.3 Å². The van der Waals surface area contributed by atoms with Crippen LogP contribution in [0.4, 0.5) is 0 Å². The van der Waals surface area contributed by atoms with Gasteiger partial charge in [-0.15, -0.1) is 0 Å². The van der Waals surface area contributed by atoms with Crippen LogP contribution < -0.4 is 14.7 Å². The van der Waals surface area contributed by atoms with Gasteiger partial charge in [-0.05, 0) is 49.7 Å². The lowest BCUT2D eigenvalue weighted by Crippen LogP contribution is -2.42. The van der Waals surface area contributed by atoms with Crippen LogP contribution in [0.3, 0.4) is 0 Å². The Hall–Kier alpha value is -2.69. The Morgan fingerprint density at radius 3 is 2.52 bits per heavy atom. The lowest BCUT2D eigenvalue weighted by Gasteiger charge is -2.15. The summed E-state index contributed by atoms with van der Waals surface area (Å²) in [6.45, 7) is 0. The van der Waals surface area contributed by atoms with Crippen molar-refractivity contribution in [3.63, 3.8) is 0 Å². The molecule has 0 atom stereocenters. The van der Waals surface area contributed by atoms with Crippen molar-refractivity contribution in [2.45, 2.75) is 31.7 Å². The average Bonchev–Trinajstić information content (AvgIpc) is 3.57. The molecule has 2 fully saturated rings. The summed E-state index contributed by atoms with van der Waals surface area (Å²) in [6.07, 6.45) is 10.8. The molecule has 0 saturated heterocycles. The van der Waals surface area contributed by atoms with E-state index in [1.54, 1.807) is 0 Å². The second kappa shape index (κ2) is 5.69. The van der Waals surface area contributed by atoms with Crippen LogP contribution in [0, 0.1) is 11.8 Å². The summed E-state index contributed by atoms with van der Waals surface area (Å²) in [7, 11) is 0. The van der Waals surface area contributed by atoms with Crippen LogP contribution in [0.1, 0.15) is 36.3 Å². The normalized spacial score (nSPS) is 17.2. The number of carbonyl (C=O) groups is 1. The molecule has 3 aromatic heterocycles. The molecule has 5 nitrogen and oxygen atoms in total. The maximum Gasteiger partial charge on any atom is 0.351 e.